The van der Waals surface area contributed by atoms with Crippen LogP contribution in [0.5, 0.6) is 0 Å². The van der Waals surface area contributed by atoms with Crippen molar-refractivity contribution >= 4 is 16.7 Å². The van der Waals surface area contributed by atoms with Crippen molar-refractivity contribution in [3.05, 3.63) is 48.3 Å². The Labute approximate surface area is 115 Å². The molecule has 1 aromatic heterocycles. The van der Waals surface area contributed by atoms with Crippen LogP contribution in [0.2, 0.25) is 0 Å². The van der Waals surface area contributed by atoms with Gasteiger partial charge < -0.3 is 9.26 Å². The van der Waals surface area contributed by atoms with Gasteiger partial charge in [-0.05, 0) is 28.9 Å². The number of hydrogen-bond donors (Lipinski definition) is 0. The van der Waals surface area contributed by atoms with Crippen molar-refractivity contribution in [2.75, 3.05) is 6.61 Å². The second-order valence-corrected chi connectivity index (χ2v) is 4.17. The quantitative estimate of drug-likeness (QED) is 0.683. The summed E-state index contributed by atoms with van der Waals surface area (Å²) in [6, 6.07) is 13.7. The van der Waals surface area contributed by atoms with Crippen molar-refractivity contribution in [1.29, 1.82) is 0 Å². The lowest BCUT2D eigenvalue weighted by Gasteiger charge is -2.01. The molecule has 3 aromatic rings. The molecule has 0 atom stereocenters. The predicted octanol–water partition coefficient (Wildman–Crippen LogP) is 3.07. The Bertz CT molecular complexity index is 759. The minimum atomic E-state index is -0.581. The first kappa shape index (κ1) is 12.3. The summed E-state index contributed by atoms with van der Waals surface area (Å²) in [5.74, 6) is -0.331. The van der Waals surface area contributed by atoms with Crippen LogP contribution in [0.4, 0.5) is 0 Å². The molecule has 0 saturated heterocycles. The number of carbonyl (C=O) groups is 1. The van der Waals surface area contributed by atoms with Gasteiger partial charge >= 0.3 is 5.97 Å². The molecule has 0 radical (unpaired) electrons. The van der Waals surface area contributed by atoms with E-state index in [0.29, 0.717) is 5.89 Å². The predicted molar refractivity (Wildman–Crippen MR) is 73.2 cm³/mol. The first-order valence-corrected chi connectivity index (χ1v) is 6.28. The summed E-state index contributed by atoms with van der Waals surface area (Å²) < 4.78 is 10.0. The first-order valence-electron chi connectivity index (χ1n) is 6.28. The van der Waals surface area contributed by atoms with Crippen molar-refractivity contribution in [2.24, 2.45) is 0 Å². The highest BCUT2D eigenvalue weighted by molar-refractivity contribution is 5.95. The van der Waals surface area contributed by atoms with Gasteiger partial charge in [-0.25, -0.2) is 4.79 Å². The number of nitrogens with zero attached hydrogens (tertiary/aromatic N) is 2. The molecule has 5 nitrogen and oxygen atoms in total. The fourth-order valence-electron chi connectivity index (χ4n) is 2.02. The summed E-state index contributed by atoms with van der Waals surface area (Å²) >= 11 is 0. The van der Waals surface area contributed by atoms with E-state index in [4.69, 9.17) is 9.26 Å². The monoisotopic (exact) mass is 268 g/mol. The zero-order valence-electron chi connectivity index (χ0n) is 10.9. The lowest BCUT2D eigenvalue weighted by Crippen LogP contribution is -2.06. The van der Waals surface area contributed by atoms with Gasteiger partial charge in [-0.15, -0.1) is 0 Å². The first-order chi connectivity index (χ1) is 9.79. The van der Waals surface area contributed by atoms with E-state index >= 15 is 0 Å². The van der Waals surface area contributed by atoms with Crippen molar-refractivity contribution in [3.8, 4) is 11.5 Å². The molecule has 3 rings (SSSR count). The molecule has 0 N–H and O–H groups in total. The SMILES string of the molecule is CCOC(=O)c1noc(-c2cccc3ccccc23)n1. The Kier molecular flexibility index (Phi) is 3.16. The van der Waals surface area contributed by atoms with Crippen LogP contribution in [-0.4, -0.2) is 22.7 Å². The van der Waals surface area contributed by atoms with E-state index in [1.54, 1.807) is 6.92 Å². The molecule has 2 aromatic carbocycles. The van der Waals surface area contributed by atoms with Gasteiger partial charge in [-0.3, -0.25) is 0 Å². The van der Waals surface area contributed by atoms with Crippen LogP contribution in [0.15, 0.2) is 47.0 Å². The molecule has 100 valence electrons. The molecule has 0 amide bonds. The molecule has 0 bridgehead atoms. The molecule has 0 fully saturated rings. The highest BCUT2D eigenvalue weighted by Crippen LogP contribution is 2.27. The molecule has 0 aliphatic carbocycles. The molecular formula is C15H12N2O3. The minimum Gasteiger partial charge on any atom is -0.460 e. The number of esters is 1. The maximum atomic E-state index is 11.5. The van der Waals surface area contributed by atoms with E-state index in [0.717, 1.165) is 16.3 Å². The Morgan fingerprint density at radius 2 is 2.00 bits per heavy atom. The van der Waals surface area contributed by atoms with Gasteiger partial charge in [0.2, 0.25) is 0 Å². The number of hydrogen-bond acceptors (Lipinski definition) is 5. The van der Waals surface area contributed by atoms with Crippen LogP contribution < -0.4 is 0 Å². The second kappa shape index (κ2) is 5.13. The second-order valence-electron chi connectivity index (χ2n) is 4.17. The van der Waals surface area contributed by atoms with E-state index in [9.17, 15) is 4.79 Å². The van der Waals surface area contributed by atoms with Crippen LogP contribution in [-0.2, 0) is 4.74 Å². The number of aromatic nitrogens is 2. The van der Waals surface area contributed by atoms with Gasteiger partial charge in [0.25, 0.3) is 11.7 Å². The Morgan fingerprint density at radius 3 is 2.85 bits per heavy atom. The van der Waals surface area contributed by atoms with Crippen molar-refractivity contribution in [2.45, 2.75) is 6.92 Å². The fraction of sp³-hybridized carbons (Fsp3) is 0.133. The summed E-state index contributed by atoms with van der Waals surface area (Å²) in [4.78, 5) is 15.6. The van der Waals surface area contributed by atoms with Crippen molar-refractivity contribution in [3.63, 3.8) is 0 Å². The average molecular weight is 268 g/mol. The van der Waals surface area contributed by atoms with E-state index in [1.165, 1.54) is 0 Å². The van der Waals surface area contributed by atoms with Gasteiger partial charge in [0, 0.05) is 5.56 Å². The molecule has 5 heteroatoms. The topological polar surface area (TPSA) is 65.2 Å². The third-order valence-corrected chi connectivity index (χ3v) is 2.90. The fourth-order valence-corrected chi connectivity index (χ4v) is 2.02. The van der Waals surface area contributed by atoms with Crippen LogP contribution in [0.3, 0.4) is 0 Å². The molecule has 0 aliphatic heterocycles. The van der Waals surface area contributed by atoms with Crippen LogP contribution >= 0.6 is 0 Å². The molecule has 0 unspecified atom stereocenters. The van der Waals surface area contributed by atoms with Gasteiger partial charge in [-0.1, -0.05) is 36.4 Å². The van der Waals surface area contributed by atoms with Gasteiger partial charge in [0.1, 0.15) is 0 Å². The third kappa shape index (κ3) is 2.14. The summed E-state index contributed by atoms with van der Waals surface area (Å²) in [6.45, 7) is 2.00. The number of rotatable bonds is 3. The Hall–Kier alpha value is -2.69. The van der Waals surface area contributed by atoms with E-state index in [-0.39, 0.29) is 12.4 Å². The van der Waals surface area contributed by atoms with Crippen LogP contribution in [0.1, 0.15) is 17.5 Å². The largest absolute Gasteiger partial charge is 0.460 e. The average Bonchev–Trinajstić information content (AvgIpc) is 2.97. The minimum absolute atomic E-state index is 0.0604. The van der Waals surface area contributed by atoms with Crippen molar-refractivity contribution in [1.82, 2.24) is 10.1 Å². The van der Waals surface area contributed by atoms with Gasteiger partial charge in [0.15, 0.2) is 0 Å². The number of carbonyl (C=O) groups excluding carboxylic acids is 1. The summed E-state index contributed by atoms with van der Waals surface area (Å²) in [7, 11) is 0. The highest BCUT2D eigenvalue weighted by atomic mass is 16.5. The normalized spacial score (nSPS) is 10.7. The molecule has 1 heterocycles. The smallest absolute Gasteiger partial charge is 0.379 e. The molecule has 0 aliphatic rings. The molecule has 0 spiro atoms. The standard InChI is InChI=1S/C15H12N2O3/c1-2-19-15(18)13-16-14(20-17-13)12-9-5-7-10-6-3-4-8-11(10)12/h3-9H,2H2,1H3. The number of benzene rings is 2. The van der Waals surface area contributed by atoms with E-state index in [2.05, 4.69) is 10.1 Å². The summed E-state index contributed by atoms with van der Waals surface area (Å²) in [6.07, 6.45) is 0. The Balaban J connectivity index is 2.06. The third-order valence-electron chi connectivity index (χ3n) is 2.90. The summed E-state index contributed by atoms with van der Waals surface area (Å²) in [5.41, 5.74) is 0.797. The van der Waals surface area contributed by atoms with Crippen LogP contribution in [0.25, 0.3) is 22.2 Å². The highest BCUT2D eigenvalue weighted by Gasteiger charge is 2.17. The lowest BCUT2D eigenvalue weighted by molar-refractivity contribution is 0.0508. The lowest BCUT2D eigenvalue weighted by atomic mass is 10.0. The molecular weight excluding hydrogens is 256 g/mol. The van der Waals surface area contributed by atoms with Crippen molar-refractivity contribution < 1.29 is 14.1 Å². The maximum absolute atomic E-state index is 11.5. The van der Waals surface area contributed by atoms with Crippen LogP contribution in [0, 0.1) is 0 Å². The number of ether oxygens (including phenoxy) is 1. The zero-order valence-corrected chi connectivity index (χ0v) is 10.9. The maximum Gasteiger partial charge on any atom is 0.379 e. The molecule has 0 saturated carbocycles. The summed E-state index contributed by atoms with van der Waals surface area (Å²) in [5, 5.41) is 5.72. The van der Waals surface area contributed by atoms with E-state index < -0.39 is 5.97 Å². The zero-order chi connectivity index (χ0) is 13.9. The molecule has 20 heavy (non-hydrogen) atoms. The van der Waals surface area contributed by atoms with Gasteiger partial charge in [0.05, 0.1) is 6.61 Å². The van der Waals surface area contributed by atoms with E-state index in [1.807, 2.05) is 42.5 Å². The van der Waals surface area contributed by atoms with Gasteiger partial charge in [-0.2, -0.15) is 4.98 Å². The Morgan fingerprint density at radius 1 is 1.20 bits per heavy atom. The number of fused-ring (bicyclic) bond motifs is 1.